The molecule has 2 amide bonds. The fourth-order valence-electron chi connectivity index (χ4n) is 6.05. The number of nitrogens with zero attached hydrogens (tertiary/aromatic N) is 1. The molecular weight excluding hydrogens is 667 g/mol. The molecule has 1 heterocycles. The van der Waals surface area contributed by atoms with Crippen LogP contribution in [0.25, 0.3) is 0 Å². The first-order valence-corrected chi connectivity index (χ1v) is 18.6. The van der Waals surface area contributed by atoms with Crippen LogP contribution < -0.4 is 21.2 Å². The van der Waals surface area contributed by atoms with Crippen molar-refractivity contribution in [2.24, 2.45) is 0 Å². The van der Waals surface area contributed by atoms with Gasteiger partial charge in [0.1, 0.15) is 23.4 Å². The summed E-state index contributed by atoms with van der Waals surface area (Å²) >= 11 is 0.589. The summed E-state index contributed by atoms with van der Waals surface area (Å²) in [6.45, 7) is -3.36. The van der Waals surface area contributed by atoms with E-state index in [1.54, 1.807) is 12.1 Å². The molecule has 2 atom stereocenters. The molecule has 0 spiro atoms. The fraction of sp³-hybridized carbons (Fsp3) is 0.100. The van der Waals surface area contributed by atoms with E-state index in [-0.39, 0.29) is 24.7 Å². The molecule has 50 heavy (non-hydrogen) atoms. The normalized spacial score (nSPS) is 15.4. The number of likely N-dealkylation sites (tertiary alicyclic amines) is 1. The van der Waals surface area contributed by atoms with E-state index in [1.807, 2.05) is 140 Å². The number of hydrogen-bond acceptors (Lipinski definition) is 7. The van der Waals surface area contributed by atoms with E-state index in [9.17, 15) is 24.0 Å². The fourth-order valence-corrected chi connectivity index (χ4v) is 11.4. The number of amides is 2. The van der Waals surface area contributed by atoms with Crippen molar-refractivity contribution in [1.82, 2.24) is 10.2 Å². The first-order chi connectivity index (χ1) is 24.4. The third-order valence-corrected chi connectivity index (χ3v) is 13.6. The number of hydrogen-bond donors (Lipinski definition) is 1. The topological polar surface area (TPSA) is 110 Å². The standard InChI is InChI=1S/C40H33N2O6PS/c43-27-35(45)50-39-36(41-34(44)26-29-16-6-1-7-17-29)37(46)42(39)38(40(47)48-28-30-18-8-2-9-19-30)49(31-20-10-3-11-21-31,32-22-12-4-13-23-32)33-24-14-5-15-25-33/h1-25,27,36,39H,26,28H2,(H,41,44)/t36-,39-/m1/s1. The third-order valence-electron chi connectivity index (χ3n) is 8.27. The molecule has 1 aliphatic rings. The number of β-lactam (4-membered cyclic amide) rings is 1. The highest BCUT2D eigenvalue weighted by atomic mass is 32.2. The molecule has 0 aromatic heterocycles. The molecule has 1 saturated heterocycles. The lowest BCUT2D eigenvalue weighted by molar-refractivity contribution is -0.146. The van der Waals surface area contributed by atoms with Crippen LogP contribution in [-0.4, -0.2) is 50.9 Å². The van der Waals surface area contributed by atoms with Crippen molar-refractivity contribution in [3.05, 3.63) is 163 Å². The second-order valence-electron chi connectivity index (χ2n) is 11.4. The van der Waals surface area contributed by atoms with Gasteiger partial charge in [-0.1, -0.05) is 163 Å². The summed E-state index contributed by atoms with van der Waals surface area (Å²) in [5.74, 6) is -1.80. The molecule has 6 rings (SSSR count). The van der Waals surface area contributed by atoms with Crippen LogP contribution in [0, 0.1) is 0 Å². The minimum Gasteiger partial charge on any atom is -0.456 e. The molecule has 250 valence electrons. The summed E-state index contributed by atoms with van der Waals surface area (Å²) in [5.41, 5.74) is 1.51. The Balaban J connectivity index is 1.58. The maximum Gasteiger partial charge on any atom is 0.356 e. The second-order valence-corrected chi connectivity index (χ2v) is 15.9. The highest BCUT2D eigenvalue weighted by Crippen LogP contribution is 2.49. The van der Waals surface area contributed by atoms with Crippen molar-refractivity contribution in [2.75, 3.05) is 0 Å². The van der Waals surface area contributed by atoms with E-state index in [1.165, 1.54) is 4.90 Å². The molecule has 10 heteroatoms. The molecule has 0 radical (unpaired) electrons. The highest BCUT2D eigenvalue weighted by molar-refractivity contribution is 8.15. The van der Waals surface area contributed by atoms with Crippen molar-refractivity contribution < 1.29 is 28.7 Å². The lowest BCUT2D eigenvalue weighted by Gasteiger charge is -2.48. The summed E-state index contributed by atoms with van der Waals surface area (Å²) in [5, 5.41) is 3.09. The maximum atomic E-state index is 14.9. The summed E-state index contributed by atoms with van der Waals surface area (Å²) in [7, 11) is 0. The average Bonchev–Trinajstić information content (AvgIpc) is 3.17. The van der Waals surface area contributed by atoms with E-state index in [4.69, 9.17) is 4.74 Å². The Morgan fingerprint density at radius 2 is 1.12 bits per heavy atom. The predicted molar refractivity (Wildman–Crippen MR) is 198 cm³/mol. The lowest BCUT2D eigenvalue weighted by Crippen LogP contribution is -2.72. The van der Waals surface area contributed by atoms with Crippen molar-refractivity contribution in [3.63, 3.8) is 0 Å². The Kier molecular flexibility index (Phi) is 10.9. The van der Waals surface area contributed by atoms with Crippen LogP contribution in [0.4, 0.5) is 0 Å². The van der Waals surface area contributed by atoms with Gasteiger partial charge in [0.25, 0.3) is 11.0 Å². The van der Waals surface area contributed by atoms with Crippen molar-refractivity contribution >= 4 is 69.2 Å². The summed E-state index contributed by atoms with van der Waals surface area (Å²) in [6, 6.07) is 45.4. The Bertz CT molecular complexity index is 1940. The molecule has 1 fully saturated rings. The molecule has 0 saturated carbocycles. The van der Waals surface area contributed by atoms with Crippen molar-refractivity contribution in [3.8, 4) is 0 Å². The number of aldehydes is 1. The zero-order valence-electron chi connectivity index (χ0n) is 26.8. The molecule has 1 aliphatic heterocycles. The summed E-state index contributed by atoms with van der Waals surface area (Å²) in [6.07, 6.45) is 0.157. The Hall–Kier alpha value is -5.50. The van der Waals surface area contributed by atoms with Gasteiger partial charge in [-0.15, -0.1) is 0 Å². The number of carbonyl (C=O) groups excluding carboxylic acids is 5. The molecule has 0 unspecified atom stereocenters. The van der Waals surface area contributed by atoms with E-state index in [2.05, 4.69) is 5.32 Å². The van der Waals surface area contributed by atoms with Gasteiger partial charge in [0.15, 0.2) is 6.29 Å². The minimum atomic E-state index is -3.28. The van der Waals surface area contributed by atoms with Gasteiger partial charge >= 0.3 is 5.97 Å². The van der Waals surface area contributed by atoms with Gasteiger partial charge in [-0.25, -0.2) is 4.79 Å². The second kappa shape index (κ2) is 15.8. The number of ether oxygens (including phenoxy) is 1. The van der Waals surface area contributed by atoms with Crippen LogP contribution in [0.2, 0.25) is 0 Å². The zero-order chi connectivity index (χ0) is 34.9. The molecule has 5 aromatic rings. The van der Waals surface area contributed by atoms with Crippen LogP contribution >= 0.6 is 18.6 Å². The first-order valence-electron chi connectivity index (χ1n) is 15.9. The summed E-state index contributed by atoms with van der Waals surface area (Å²) < 4.78 is 6.05. The van der Waals surface area contributed by atoms with Crippen LogP contribution in [0.1, 0.15) is 11.1 Å². The quantitative estimate of drug-likeness (QED) is 0.0683. The van der Waals surface area contributed by atoms with Gasteiger partial charge in [-0.3, -0.25) is 24.1 Å². The molecule has 5 aromatic carbocycles. The third kappa shape index (κ3) is 7.10. The monoisotopic (exact) mass is 700 g/mol. The van der Waals surface area contributed by atoms with Crippen molar-refractivity contribution in [1.29, 1.82) is 0 Å². The Labute approximate surface area is 294 Å². The van der Waals surface area contributed by atoms with Crippen LogP contribution in [0.5, 0.6) is 0 Å². The number of rotatable bonds is 12. The SMILES string of the molecule is O=CC(=O)S[C@@H]1[C@H](NC(=O)Cc2ccccc2)C(=O)N1C(C(=O)OCc1ccccc1)=P(c1ccccc1)(c1ccccc1)c1ccccc1. The highest BCUT2D eigenvalue weighted by Gasteiger charge is 2.55. The van der Waals surface area contributed by atoms with Gasteiger partial charge in [-0.05, 0) is 27.0 Å². The minimum absolute atomic E-state index is 0.00565. The van der Waals surface area contributed by atoms with E-state index < -0.39 is 41.2 Å². The lowest BCUT2D eigenvalue weighted by atomic mass is 10.1. The number of esters is 1. The van der Waals surface area contributed by atoms with Gasteiger partial charge in [0, 0.05) is 6.89 Å². The largest absolute Gasteiger partial charge is 0.456 e. The Morgan fingerprint density at radius 3 is 1.58 bits per heavy atom. The number of thioether (sulfide) groups is 1. The Morgan fingerprint density at radius 1 is 0.680 bits per heavy atom. The van der Waals surface area contributed by atoms with Crippen LogP contribution in [-0.2, 0) is 41.7 Å². The molecule has 8 nitrogen and oxygen atoms in total. The van der Waals surface area contributed by atoms with Gasteiger partial charge < -0.3 is 10.1 Å². The number of carbonyl (C=O) groups is 5. The molecular formula is C40H33N2O6PS. The van der Waals surface area contributed by atoms with E-state index >= 15 is 0 Å². The summed E-state index contributed by atoms with van der Waals surface area (Å²) in [4.78, 5) is 68.4. The zero-order valence-corrected chi connectivity index (χ0v) is 28.5. The number of nitrogens with one attached hydrogen (secondary N) is 1. The smallest absolute Gasteiger partial charge is 0.356 e. The van der Waals surface area contributed by atoms with Crippen LogP contribution in [0.3, 0.4) is 0 Å². The first kappa shape index (κ1) is 34.4. The van der Waals surface area contributed by atoms with Crippen LogP contribution in [0.15, 0.2) is 152 Å². The van der Waals surface area contributed by atoms with E-state index in [0.29, 0.717) is 11.8 Å². The van der Waals surface area contributed by atoms with Crippen molar-refractivity contribution in [2.45, 2.75) is 24.4 Å². The van der Waals surface area contributed by atoms with Gasteiger partial charge in [-0.2, -0.15) is 0 Å². The molecule has 1 N–H and O–H groups in total. The molecule has 0 aliphatic carbocycles. The average molecular weight is 701 g/mol. The van der Waals surface area contributed by atoms with Gasteiger partial charge in [0.2, 0.25) is 5.91 Å². The number of benzene rings is 5. The van der Waals surface area contributed by atoms with Gasteiger partial charge in [0.05, 0.1) is 6.42 Å². The predicted octanol–water partition coefficient (Wildman–Crippen LogP) is 4.21. The molecule has 0 bridgehead atoms. The van der Waals surface area contributed by atoms with E-state index in [0.717, 1.165) is 27.0 Å². The maximum absolute atomic E-state index is 14.9.